The Morgan fingerprint density at radius 3 is 2.86 bits per heavy atom. The van der Waals surface area contributed by atoms with Gasteiger partial charge in [0.15, 0.2) is 0 Å². The Morgan fingerprint density at radius 2 is 2.14 bits per heavy atom. The molecule has 1 aromatic rings. The smallest absolute Gasteiger partial charge is 0.369 e. The highest BCUT2D eigenvalue weighted by Gasteiger charge is 2.33. The lowest BCUT2D eigenvalue weighted by molar-refractivity contribution is -0.137. The Morgan fingerprint density at radius 1 is 1.33 bits per heavy atom. The van der Waals surface area contributed by atoms with Crippen molar-refractivity contribution in [2.75, 3.05) is 24.5 Å². The molecule has 2 atom stereocenters. The summed E-state index contributed by atoms with van der Waals surface area (Å²) in [5, 5.41) is 3.54. The van der Waals surface area contributed by atoms with Gasteiger partial charge in [-0.2, -0.15) is 13.2 Å². The zero-order valence-electron chi connectivity index (χ0n) is 12.2. The van der Waals surface area contributed by atoms with Crippen LogP contribution in [0, 0.1) is 5.92 Å². The van der Waals surface area contributed by atoms with Crippen molar-refractivity contribution in [1.29, 1.82) is 0 Å². The van der Waals surface area contributed by atoms with E-state index in [9.17, 15) is 13.2 Å². The standard InChI is InChI=1S/C16H21F3N2/c1-11-3-2-7-20-14(11)10-21-8-6-12-9-13(16(17,18)19)4-5-15(12)21/h4-5,9,11,14,20H,2-3,6-8,10H2,1H3. The largest absolute Gasteiger partial charge is 0.416 e. The van der Waals surface area contributed by atoms with Crippen molar-refractivity contribution in [3.8, 4) is 0 Å². The first-order valence-corrected chi connectivity index (χ1v) is 7.63. The van der Waals surface area contributed by atoms with Crippen molar-refractivity contribution in [3.05, 3.63) is 29.3 Å². The molecule has 1 saturated heterocycles. The highest BCUT2D eigenvalue weighted by atomic mass is 19.4. The third-order valence-corrected chi connectivity index (χ3v) is 4.75. The number of halogens is 3. The van der Waals surface area contributed by atoms with E-state index in [1.54, 1.807) is 6.07 Å². The van der Waals surface area contributed by atoms with Crippen LogP contribution < -0.4 is 10.2 Å². The first kappa shape index (κ1) is 14.7. The second kappa shape index (κ2) is 5.52. The topological polar surface area (TPSA) is 15.3 Å². The van der Waals surface area contributed by atoms with Crippen LogP contribution >= 0.6 is 0 Å². The molecule has 0 aromatic heterocycles. The SMILES string of the molecule is CC1CCCNC1CN1CCc2cc(C(F)(F)F)ccc21. The maximum atomic E-state index is 12.8. The average molecular weight is 298 g/mol. The van der Waals surface area contributed by atoms with Crippen LogP contribution in [0.25, 0.3) is 0 Å². The van der Waals surface area contributed by atoms with Gasteiger partial charge in [0.05, 0.1) is 5.56 Å². The molecule has 21 heavy (non-hydrogen) atoms. The van der Waals surface area contributed by atoms with Crippen molar-refractivity contribution in [2.45, 2.75) is 38.4 Å². The molecule has 2 aliphatic rings. The second-order valence-corrected chi connectivity index (χ2v) is 6.22. The van der Waals surface area contributed by atoms with Gasteiger partial charge in [-0.1, -0.05) is 6.92 Å². The minimum atomic E-state index is -4.25. The fraction of sp³-hybridized carbons (Fsp3) is 0.625. The quantitative estimate of drug-likeness (QED) is 0.899. The number of benzene rings is 1. The minimum absolute atomic E-state index is 0.437. The van der Waals surface area contributed by atoms with Gasteiger partial charge in [-0.3, -0.25) is 0 Å². The molecular formula is C16H21F3N2. The highest BCUT2D eigenvalue weighted by Crippen LogP contribution is 2.36. The molecule has 0 saturated carbocycles. The summed E-state index contributed by atoms with van der Waals surface area (Å²) in [5.41, 5.74) is 1.27. The van der Waals surface area contributed by atoms with Crippen molar-refractivity contribution >= 4 is 5.69 Å². The molecule has 3 rings (SSSR count). The molecule has 2 aliphatic heterocycles. The molecule has 0 amide bonds. The number of nitrogens with zero attached hydrogens (tertiary/aromatic N) is 1. The third-order valence-electron chi connectivity index (χ3n) is 4.75. The number of rotatable bonds is 2. The van der Waals surface area contributed by atoms with Crippen LogP contribution in [0.15, 0.2) is 18.2 Å². The summed E-state index contributed by atoms with van der Waals surface area (Å²) in [6.45, 7) is 5.00. The lowest BCUT2D eigenvalue weighted by Gasteiger charge is -2.34. The Balaban J connectivity index is 1.75. The van der Waals surface area contributed by atoms with Gasteiger partial charge >= 0.3 is 6.18 Å². The first-order valence-electron chi connectivity index (χ1n) is 7.63. The van der Waals surface area contributed by atoms with E-state index in [-0.39, 0.29) is 0 Å². The Labute approximate surface area is 123 Å². The predicted molar refractivity (Wildman–Crippen MR) is 77.5 cm³/mol. The minimum Gasteiger partial charge on any atom is -0.369 e. The molecule has 2 heterocycles. The number of hydrogen-bond acceptors (Lipinski definition) is 2. The van der Waals surface area contributed by atoms with E-state index in [0.717, 1.165) is 30.9 Å². The number of anilines is 1. The normalized spacial score (nSPS) is 26.0. The zero-order chi connectivity index (χ0) is 15.0. The van der Waals surface area contributed by atoms with Gasteiger partial charge in [-0.05, 0) is 55.5 Å². The van der Waals surface area contributed by atoms with Crippen LogP contribution in [0.4, 0.5) is 18.9 Å². The number of hydrogen-bond donors (Lipinski definition) is 1. The van der Waals surface area contributed by atoms with Crippen LogP contribution in [-0.2, 0) is 12.6 Å². The van der Waals surface area contributed by atoms with Gasteiger partial charge in [0.25, 0.3) is 0 Å². The summed E-state index contributed by atoms with van der Waals surface area (Å²) < 4.78 is 38.3. The fourth-order valence-electron chi connectivity index (χ4n) is 3.43. The highest BCUT2D eigenvalue weighted by molar-refractivity contribution is 5.59. The lowest BCUT2D eigenvalue weighted by atomic mass is 9.92. The van der Waals surface area contributed by atoms with Gasteiger partial charge < -0.3 is 10.2 Å². The molecule has 0 radical (unpaired) electrons. The summed E-state index contributed by atoms with van der Waals surface area (Å²) in [5.74, 6) is 0.622. The molecule has 0 spiro atoms. The number of piperidine rings is 1. The number of fused-ring (bicyclic) bond motifs is 1. The maximum Gasteiger partial charge on any atom is 0.416 e. The van der Waals surface area contributed by atoms with Crippen LogP contribution in [0.1, 0.15) is 30.9 Å². The molecule has 0 aliphatic carbocycles. The molecule has 2 unspecified atom stereocenters. The Kier molecular flexibility index (Phi) is 3.86. The molecule has 5 heteroatoms. The summed E-state index contributed by atoms with van der Waals surface area (Å²) >= 11 is 0. The average Bonchev–Trinajstić information content (AvgIpc) is 2.83. The van der Waals surface area contributed by atoms with Gasteiger partial charge in [-0.25, -0.2) is 0 Å². The van der Waals surface area contributed by atoms with Crippen molar-refractivity contribution in [2.24, 2.45) is 5.92 Å². The maximum absolute atomic E-state index is 12.8. The van der Waals surface area contributed by atoms with E-state index in [0.29, 0.717) is 18.4 Å². The number of alkyl halides is 3. The summed E-state index contributed by atoms with van der Waals surface area (Å²) in [7, 11) is 0. The van der Waals surface area contributed by atoms with Crippen LogP contribution in [0.5, 0.6) is 0 Å². The molecule has 2 nitrogen and oxygen atoms in total. The van der Waals surface area contributed by atoms with Crippen molar-refractivity contribution in [3.63, 3.8) is 0 Å². The Bertz CT molecular complexity index is 513. The number of nitrogens with one attached hydrogen (secondary N) is 1. The Hall–Kier alpha value is -1.23. The zero-order valence-corrected chi connectivity index (χ0v) is 12.2. The first-order chi connectivity index (χ1) is 9.95. The van der Waals surface area contributed by atoms with E-state index in [1.165, 1.54) is 25.0 Å². The van der Waals surface area contributed by atoms with Crippen LogP contribution in [0.2, 0.25) is 0 Å². The molecular weight excluding hydrogens is 277 g/mol. The molecule has 116 valence electrons. The van der Waals surface area contributed by atoms with Gasteiger partial charge in [0.2, 0.25) is 0 Å². The van der Waals surface area contributed by atoms with E-state index in [1.807, 2.05) is 0 Å². The second-order valence-electron chi connectivity index (χ2n) is 6.22. The molecule has 1 aromatic carbocycles. The van der Waals surface area contributed by atoms with E-state index >= 15 is 0 Å². The molecule has 1 fully saturated rings. The predicted octanol–water partition coefficient (Wildman–Crippen LogP) is 3.46. The van der Waals surface area contributed by atoms with Crippen molar-refractivity contribution < 1.29 is 13.2 Å². The van der Waals surface area contributed by atoms with Gasteiger partial charge in [-0.15, -0.1) is 0 Å². The van der Waals surface area contributed by atoms with Crippen LogP contribution in [-0.4, -0.2) is 25.7 Å². The molecule has 1 N–H and O–H groups in total. The summed E-state index contributed by atoms with van der Waals surface area (Å²) in [4.78, 5) is 2.23. The summed E-state index contributed by atoms with van der Waals surface area (Å²) in [6, 6.07) is 4.59. The summed E-state index contributed by atoms with van der Waals surface area (Å²) in [6.07, 6.45) is -1.10. The molecule has 0 bridgehead atoms. The monoisotopic (exact) mass is 298 g/mol. The van der Waals surface area contributed by atoms with Crippen molar-refractivity contribution in [1.82, 2.24) is 5.32 Å². The van der Waals surface area contributed by atoms with Gasteiger partial charge in [0.1, 0.15) is 0 Å². The van der Waals surface area contributed by atoms with E-state index < -0.39 is 11.7 Å². The van der Waals surface area contributed by atoms with E-state index in [4.69, 9.17) is 0 Å². The van der Waals surface area contributed by atoms with Crippen LogP contribution in [0.3, 0.4) is 0 Å². The van der Waals surface area contributed by atoms with Gasteiger partial charge in [0, 0.05) is 24.8 Å². The lowest BCUT2D eigenvalue weighted by Crippen LogP contribution is -2.47. The third kappa shape index (κ3) is 3.03. The van der Waals surface area contributed by atoms with E-state index in [2.05, 4.69) is 17.1 Å². The fourth-order valence-corrected chi connectivity index (χ4v) is 3.43.